The number of thiazole rings is 1. The van der Waals surface area contributed by atoms with Crippen molar-refractivity contribution in [1.82, 2.24) is 9.88 Å². The molecule has 2 aliphatic heterocycles. The molecule has 0 spiro atoms. The normalized spacial score (nSPS) is 19.8. The van der Waals surface area contributed by atoms with E-state index in [9.17, 15) is 19.5 Å². The topological polar surface area (TPSA) is 90.8 Å². The van der Waals surface area contributed by atoms with E-state index in [1.807, 2.05) is 4.90 Å². The SMILES string of the molecule is O=C(O)[C@@H]1CCCN(c2cccc3c2C(=O)N(Cc2cncs2)C3=O)C1. The van der Waals surface area contributed by atoms with Crippen LogP contribution in [0.25, 0.3) is 0 Å². The van der Waals surface area contributed by atoms with E-state index in [2.05, 4.69) is 4.98 Å². The van der Waals surface area contributed by atoms with Crippen LogP contribution in [0.2, 0.25) is 0 Å². The van der Waals surface area contributed by atoms with Gasteiger partial charge in [-0.2, -0.15) is 0 Å². The lowest BCUT2D eigenvalue weighted by Crippen LogP contribution is -2.39. The molecule has 26 heavy (non-hydrogen) atoms. The summed E-state index contributed by atoms with van der Waals surface area (Å²) in [5, 5.41) is 9.32. The van der Waals surface area contributed by atoms with Gasteiger partial charge < -0.3 is 10.0 Å². The largest absolute Gasteiger partial charge is 0.481 e. The Morgan fingerprint density at radius 1 is 1.31 bits per heavy atom. The molecule has 1 fully saturated rings. The molecule has 1 aromatic heterocycles. The number of anilines is 1. The van der Waals surface area contributed by atoms with Crippen LogP contribution < -0.4 is 4.90 Å². The molecule has 1 atom stereocenters. The first-order chi connectivity index (χ1) is 12.6. The van der Waals surface area contributed by atoms with Crippen molar-refractivity contribution in [2.24, 2.45) is 5.92 Å². The minimum Gasteiger partial charge on any atom is -0.481 e. The maximum atomic E-state index is 13.0. The van der Waals surface area contributed by atoms with E-state index in [4.69, 9.17) is 0 Å². The number of aromatic nitrogens is 1. The first-order valence-electron chi connectivity index (χ1n) is 8.40. The lowest BCUT2D eigenvalue weighted by Gasteiger charge is -2.33. The molecule has 1 aromatic carbocycles. The summed E-state index contributed by atoms with van der Waals surface area (Å²) >= 11 is 1.40. The van der Waals surface area contributed by atoms with E-state index in [1.165, 1.54) is 16.2 Å². The van der Waals surface area contributed by atoms with Crippen molar-refractivity contribution in [3.05, 3.63) is 45.9 Å². The average Bonchev–Trinajstić information content (AvgIpc) is 3.25. The Bertz CT molecular complexity index is 881. The molecule has 0 aliphatic carbocycles. The van der Waals surface area contributed by atoms with Gasteiger partial charge in [-0.15, -0.1) is 11.3 Å². The van der Waals surface area contributed by atoms with Gasteiger partial charge in [-0.25, -0.2) is 0 Å². The number of piperidine rings is 1. The predicted molar refractivity (Wildman–Crippen MR) is 95.3 cm³/mol. The molecule has 2 amide bonds. The van der Waals surface area contributed by atoms with Gasteiger partial charge in [0.2, 0.25) is 0 Å². The van der Waals surface area contributed by atoms with E-state index >= 15 is 0 Å². The van der Waals surface area contributed by atoms with Gasteiger partial charge in [0.05, 0.1) is 34.8 Å². The van der Waals surface area contributed by atoms with Crippen LogP contribution in [-0.4, -0.2) is 45.9 Å². The second-order valence-electron chi connectivity index (χ2n) is 6.49. The molecule has 0 bridgehead atoms. The van der Waals surface area contributed by atoms with Gasteiger partial charge in [-0.05, 0) is 25.0 Å². The summed E-state index contributed by atoms with van der Waals surface area (Å²) in [5.41, 5.74) is 3.08. The van der Waals surface area contributed by atoms with Gasteiger partial charge in [-0.3, -0.25) is 24.3 Å². The van der Waals surface area contributed by atoms with Crippen LogP contribution in [0.15, 0.2) is 29.9 Å². The van der Waals surface area contributed by atoms with Gasteiger partial charge in [-0.1, -0.05) is 6.07 Å². The molecule has 1 N–H and O–H groups in total. The number of carbonyl (C=O) groups is 3. The number of nitrogens with zero attached hydrogens (tertiary/aromatic N) is 3. The molecular weight excluding hydrogens is 354 g/mol. The Kier molecular flexibility index (Phi) is 4.20. The third kappa shape index (κ3) is 2.76. The average molecular weight is 371 g/mol. The van der Waals surface area contributed by atoms with Crippen LogP contribution in [0.5, 0.6) is 0 Å². The van der Waals surface area contributed by atoms with Crippen molar-refractivity contribution in [2.45, 2.75) is 19.4 Å². The Labute approximate surface area is 153 Å². The third-order valence-corrected chi connectivity index (χ3v) is 5.65. The van der Waals surface area contributed by atoms with Crippen molar-refractivity contribution >= 4 is 34.8 Å². The van der Waals surface area contributed by atoms with Crippen LogP contribution in [-0.2, 0) is 11.3 Å². The summed E-state index contributed by atoms with van der Waals surface area (Å²) in [6.45, 7) is 1.23. The number of carboxylic acid groups (broad SMARTS) is 1. The van der Waals surface area contributed by atoms with Crippen LogP contribution >= 0.6 is 11.3 Å². The Morgan fingerprint density at radius 2 is 2.15 bits per heavy atom. The Balaban J connectivity index is 1.66. The smallest absolute Gasteiger partial charge is 0.308 e. The summed E-state index contributed by atoms with van der Waals surface area (Å²) < 4.78 is 0. The molecule has 7 nitrogen and oxygen atoms in total. The lowest BCUT2D eigenvalue weighted by molar-refractivity contribution is -0.141. The predicted octanol–water partition coefficient (Wildman–Crippen LogP) is 2.24. The van der Waals surface area contributed by atoms with Crippen molar-refractivity contribution in [3.8, 4) is 0 Å². The number of carbonyl (C=O) groups excluding carboxylic acids is 2. The molecular formula is C18H17N3O4S. The van der Waals surface area contributed by atoms with Crippen LogP contribution in [0.4, 0.5) is 5.69 Å². The van der Waals surface area contributed by atoms with E-state index < -0.39 is 11.9 Å². The number of aliphatic carboxylic acids is 1. The summed E-state index contributed by atoms with van der Waals surface area (Å²) in [6, 6.07) is 5.20. The monoisotopic (exact) mass is 371 g/mol. The van der Waals surface area contributed by atoms with Gasteiger partial charge in [0.25, 0.3) is 11.8 Å². The fourth-order valence-corrected chi connectivity index (χ4v) is 4.18. The number of fused-ring (bicyclic) bond motifs is 1. The maximum absolute atomic E-state index is 13.0. The molecule has 0 saturated carbocycles. The summed E-state index contributed by atoms with van der Waals surface area (Å²) in [4.78, 5) is 45.0. The highest BCUT2D eigenvalue weighted by Gasteiger charge is 2.39. The van der Waals surface area contributed by atoms with Crippen LogP contribution in [0, 0.1) is 5.92 Å². The van der Waals surface area contributed by atoms with Gasteiger partial charge in [0.1, 0.15) is 0 Å². The minimum atomic E-state index is -0.823. The highest BCUT2D eigenvalue weighted by atomic mass is 32.1. The van der Waals surface area contributed by atoms with E-state index in [-0.39, 0.29) is 18.4 Å². The van der Waals surface area contributed by atoms with Crippen molar-refractivity contribution in [3.63, 3.8) is 0 Å². The quantitative estimate of drug-likeness (QED) is 0.829. The van der Waals surface area contributed by atoms with Gasteiger partial charge >= 0.3 is 5.97 Å². The molecule has 0 radical (unpaired) electrons. The zero-order valence-electron chi connectivity index (χ0n) is 13.9. The number of carboxylic acids is 1. The molecule has 8 heteroatoms. The maximum Gasteiger partial charge on any atom is 0.308 e. The van der Waals surface area contributed by atoms with Crippen LogP contribution in [0.3, 0.4) is 0 Å². The second kappa shape index (κ2) is 6.53. The fourth-order valence-electron chi connectivity index (χ4n) is 3.60. The molecule has 134 valence electrons. The zero-order chi connectivity index (χ0) is 18.3. The lowest BCUT2D eigenvalue weighted by atomic mass is 9.96. The van der Waals surface area contributed by atoms with Crippen molar-refractivity contribution < 1.29 is 19.5 Å². The molecule has 1 saturated heterocycles. The van der Waals surface area contributed by atoms with Gasteiger partial charge in [0, 0.05) is 24.2 Å². The van der Waals surface area contributed by atoms with E-state index in [0.717, 1.165) is 11.3 Å². The number of imide groups is 1. The van der Waals surface area contributed by atoms with E-state index in [0.29, 0.717) is 36.3 Å². The number of hydrogen-bond donors (Lipinski definition) is 1. The summed E-state index contributed by atoms with van der Waals surface area (Å²) in [5.74, 6) is -1.92. The first-order valence-corrected chi connectivity index (χ1v) is 9.28. The molecule has 0 unspecified atom stereocenters. The highest BCUT2D eigenvalue weighted by molar-refractivity contribution is 7.09. The Hall–Kier alpha value is -2.74. The molecule has 2 aliphatic rings. The van der Waals surface area contributed by atoms with Gasteiger partial charge in [0.15, 0.2) is 0 Å². The van der Waals surface area contributed by atoms with E-state index in [1.54, 1.807) is 29.9 Å². The van der Waals surface area contributed by atoms with Crippen molar-refractivity contribution in [2.75, 3.05) is 18.0 Å². The van der Waals surface area contributed by atoms with Crippen LogP contribution in [0.1, 0.15) is 38.4 Å². The highest BCUT2D eigenvalue weighted by Crippen LogP contribution is 2.34. The second-order valence-corrected chi connectivity index (χ2v) is 7.46. The van der Waals surface area contributed by atoms with Crippen molar-refractivity contribution in [1.29, 1.82) is 0 Å². The number of hydrogen-bond acceptors (Lipinski definition) is 6. The Morgan fingerprint density at radius 3 is 2.88 bits per heavy atom. The molecule has 4 rings (SSSR count). The number of rotatable bonds is 4. The molecule has 3 heterocycles. The summed E-state index contributed by atoms with van der Waals surface area (Å²) in [7, 11) is 0. The third-order valence-electron chi connectivity index (χ3n) is 4.89. The number of amides is 2. The summed E-state index contributed by atoms with van der Waals surface area (Å²) in [6.07, 6.45) is 3.02. The standard InChI is InChI=1S/C18H17N3O4S/c22-16-13-4-1-5-14(20-6-2-3-11(8-20)18(24)25)15(13)17(23)21(16)9-12-7-19-10-26-12/h1,4-5,7,10-11H,2-3,6,8-9H2,(H,24,25)/t11-/m1/s1. The zero-order valence-corrected chi connectivity index (χ0v) is 14.7. The molecule has 2 aromatic rings. The number of benzene rings is 1. The first kappa shape index (κ1) is 16.7. The fraction of sp³-hybridized carbons (Fsp3) is 0.333. The minimum absolute atomic E-state index is 0.203.